The third kappa shape index (κ3) is 4.62. The van der Waals surface area contributed by atoms with E-state index in [-0.39, 0.29) is 35.3 Å². The van der Waals surface area contributed by atoms with Crippen LogP contribution in [0.15, 0.2) is 41.3 Å². The van der Waals surface area contributed by atoms with Crippen LogP contribution in [0.1, 0.15) is 52.3 Å². The summed E-state index contributed by atoms with van der Waals surface area (Å²) in [5.74, 6) is -0.825. The Kier molecular flexibility index (Phi) is 6.54. The summed E-state index contributed by atoms with van der Waals surface area (Å²) < 4.78 is 42.3. The first-order valence-corrected chi connectivity index (χ1v) is 15.1. The van der Waals surface area contributed by atoms with Gasteiger partial charge in [0.1, 0.15) is 5.82 Å². The number of halogens is 1. The van der Waals surface area contributed by atoms with Crippen molar-refractivity contribution in [1.29, 1.82) is 0 Å². The van der Waals surface area contributed by atoms with Crippen molar-refractivity contribution in [1.82, 2.24) is 15.2 Å². The normalized spacial score (nSPS) is 21.3. The Hall–Kier alpha value is -3.96. The number of benzene rings is 2. The van der Waals surface area contributed by atoms with Gasteiger partial charge in [-0.1, -0.05) is 0 Å². The Morgan fingerprint density at radius 2 is 1.80 bits per heavy atom. The molecule has 1 aromatic heterocycles. The van der Waals surface area contributed by atoms with Crippen LogP contribution in [0.4, 0.5) is 15.8 Å². The van der Waals surface area contributed by atoms with E-state index in [9.17, 15) is 22.4 Å². The third-order valence-corrected chi connectivity index (χ3v) is 9.89. The standard InChI is InChI=1S/C30H32FN5O4S/c1-16-14-35(15-17(2)32-16)30(38)28-18(3)26(33-19(28)4)13-24-23-12-22(6-7-25(23)34-29(24)37)41(39,40)36-10-9-20-11-21(31)5-8-27(20)36/h5-8,11-13,16-17,32-33H,9-10,14-15H2,1-4H3,(H,34,37). The van der Waals surface area contributed by atoms with Gasteiger partial charge < -0.3 is 20.5 Å². The molecule has 9 nitrogen and oxygen atoms in total. The van der Waals surface area contributed by atoms with Crippen molar-refractivity contribution in [2.45, 2.75) is 51.1 Å². The van der Waals surface area contributed by atoms with Crippen LogP contribution in [0.25, 0.3) is 11.6 Å². The van der Waals surface area contributed by atoms with Gasteiger partial charge in [0, 0.05) is 54.4 Å². The SMILES string of the molecule is Cc1[nH]c(C=C2C(=O)Nc3ccc(S(=O)(=O)N4CCc5cc(F)ccc54)cc32)c(C)c1C(=O)N1CC(C)NC(C)C1. The van der Waals surface area contributed by atoms with E-state index in [1.54, 1.807) is 12.1 Å². The van der Waals surface area contributed by atoms with Crippen molar-refractivity contribution in [3.63, 3.8) is 0 Å². The molecule has 0 aliphatic carbocycles. The summed E-state index contributed by atoms with van der Waals surface area (Å²) in [6.07, 6.45) is 2.09. The average molecular weight is 578 g/mol. The number of hydrogen-bond acceptors (Lipinski definition) is 5. The number of carbonyl (C=O) groups excluding carboxylic acids is 2. The molecule has 41 heavy (non-hydrogen) atoms. The van der Waals surface area contributed by atoms with Gasteiger partial charge in [0.15, 0.2) is 0 Å². The van der Waals surface area contributed by atoms with E-state index >= 15 is 0 Å². The molecule has 0 saturated carbocycles. The van der Waals surface area contributed by atoms with E-state index in [0.29, 0.717) is 64.5 Å². The maximum atomic E-state index is 13.7. The molecule has 3 aliphatic rings. The Balaban J connectivity index is 1.34. The number of hydrogen-bond donors (Lipinski definition) is 3. The summed E-state index contributed by atoms with van der Waals surface area (Å²) >= 11 is 0. The second-order valence-corrected chi connectivity index (χ2v) is 13.0. The van der Waals surface area contributed by atoms with E-state index in [1.165, 1.54) is 34.6 Å². The highest BCUT2D eigenvalue weighted by atomic mass is 32.2. The highest BCUT2D eigenvalue weighted by molar-refractivity contribution is 7.92. The van der Waals surface area contributed by atoms with Crippen molar-refractivity contribution < 1.29 is 22.4 Å². The van der Waals surface area contributed by atoms with Crippen LogP contribution in [0.2, 0.25) is 0 Å². The lowest BCUT2D eigenvalue weighted by atomic mass is 10.0. The van der Waals surface area contributed by atoms with Gasteiger partial charge in [-0.2, -0.15) is 0 Å². The minimum absolute atomic E-state index is 0.0352. The van der Waals surface area contributed by atoms with Crippen LogP contribution in [0.3, 0.4) is 0 Å². The van der Waals surface area contributed by atoms with Crippen molar-refractivity contribution >= 4 is 44.9 Å². The summed E-state index contributed by atoms with van der Waals surface area (Å²) in [6.45, 7) is 9.21. The minimum Gasteiger partial charge on any atom is -0.358 e. The minimum atomic E-state index is -3.96. The summed E-state index contributed by atoms with van der Waals surface area (Å²) in [7, 11) is -3.96. The predicted octanol–water partition coefficient (Wildman–Crippen LogP) is 3.84. The number of aryl methyl sites for hydroxylation is 1. The summed E-state index contributed by atoms with van der Waals surface area (Å²) in [4.78, 5) is 31.7. The fourth-order valence-electron chi connectivity index (χ4n) is 6.22. The number of nitrogens with zero attached hydrogens (tertiary/aromatic N) is 2. The Morgan fingerprint density at radius 3 is 2.54 bits per heavy atom. The third-order valence-electron chi connectivity index (χ3n) is 8.08. The van der Waals surface area contributed by atoms with Gasteiger partial charge in [-0.05, 0) is 87.7 Å². The number of fused-ring (bicyclic) bond motifs is 2. The first-order chi connectivity index (χ1) is 19.4. The molecule has 2 amide bonds. The Morgan fingerprint density at radius 1 is 1.07 bits per heavy atom. The molecule has 3 aromatic rings. The fourth-order valence-corrected chi connectivity index (χ4v) is 7.75. The maximum Gasteiger partial charge on any atom is 0.264 e. The molecular weight excluding hydrogens is 545 g/mol. The van der Waals surface area contributed by atoms with E-state index in [0.717, 1.165) is 5.56 Å². The second kappa shape index (κ2) is 9.85. The van der Waals surface area contributed by atoms with Gasteiger partial charge >= 0.3 is 0 Å². The first kappa shape index (κ1) is 27.2. The molecule has 214 valence electrons. The fraction of sp³-hybridized carbons (Fsp3) is 0.333. The zero-order chi connectivity index (χ0) is 29.2. The number of aromatic nitrogens is 1. The summed E-state index contributed by atoms with van der Waals surface area (Å²) in [5, 5.41) is 6.25. The zero-order valence-electron chi connectivity index (χ0n) is 23.3. The molecule has 4 heterocycles. The number of anilines is 2. The van der Waals surface area contributed by atoms with Gasteiger partial charge in [-0.25, -0.2) is 12.8 Å². The predicted molar refractivity (Wildman–Crippen MR) is 156 cm³/mol. The smallest absolute Gasteiger partial charge is 0.264 e. The van der Waals surface area contributed by atoms with E-state index in [2.05, 4.69) is 29.5 Å². The molecule has 0 bridgehead atoms. The van der Waals surface area contributed by atoms with Crippen molar-refractivity contribution in [3.05, 3.63) is 75.9 Å². The van der Waals surface area contributed by atoms with Crippen molar-refractivity contribution in [3.8, 4) is 0 Å². The Labute approximate surface area is 238 Å². The Bertz CT molecular complexity index is 1740. The molecule has 11 heteroatoms. The van der Waals surface area contributed by atoms with Crippen molar-refractivity contribution in [2.75, 3.05) is 29.3 Å². The van der Waals surface area contributed by atoms with Crippen LogP contribution >= 0.6 is 0 Å². The molecule has 2 unspecified atom stereocenters. The van der Waals surface area contributed by atoms with Gasteiger partial charge in [-0.15, -0.1) is 0 Å². The van der Waals surface area contributed by atoms with Gasteiger partial charge in [0.25, 0.3) is 21.8 Å². The highest BCUT2D eigenvalue weighted by Crippen LogP contribution is 2.38. The molecule has 1 fully saturated rings. The van der Waals surface area contributed by atoms with Crippen LogP contribution in [0, 0.1) is 19.7 Å². The summed E-state index contributed by atoms with van der Waals surface area (Å²) in [6, 6.07) is 9.01. The topological polar surface area (TPSA) is 115 Å². The van der Waals surface area contributed by atoms with Gasteiger partial charge in [-0.3, -0.25) is 13.9 Å². The lowest BCUT2D eigenvalue weighted by Gasteiger charge is -2.36. The lowest BCUT2D eigenvalue weighted by molar-refractivity contribution is -0.110. The monoisotopic (exact) mass is 577 g/mol. The lowest BCUT2D eigenvalue weighted by Crippen LogP contribution is -2.55. The molecule has 2 atom stereocenters. The molecule has 3 aliphatic heterocycles. The number of sulfonamides is 1. The van der Waals surface area contributed by atoms with Crippen LogP contribution < -0.4 is 14.9 Å². The number of nitrogens with one attached hydrogen (secondary N) is 3. The number of aromatic amines is 1. The maximum absolute atomic E-state index is 13.7. The number of rotatable bonds is 4. The quantitative estimate of drug-likeness (QED) is 0.408. The molecule has 2 aromatic carbocycles. The first-order valence-electron chi connectivity index (χ1n) is 13.7. The summed E-state index contributed by atoms with van der Waals surface area (Å²) in [5.41, 5.74) is 4.99. The second-order valence-electron chi connectivity index (χ2n) is 11.2. The van der Waals surface area contributed by atoms with E-state index in [4.69, 9.17) is 0 Å². The largest absolute Gasteiger partial charge is 0.358 e. The van der Waals surface area contributed by atoms with Crippen molar-refractivity contribution in [2.24, 2.45) is 0 Å². The highest BCUT2D eigenvalue weighted by Gasteiger charge is 2.34. The zero-order valence-corrected chi connectivity index (χ0v) is 24.2. The molecule has 0 radical (unpaired) electrons. The van der Waals surface area contributed by atoms with Gasteiger partial charge in [0.2, 0.25) is 0 Å². The number of carbonyl (C=O) groups is 2. The molecule has 3 N–H and O–H groups in total. The van der Waals surface area contributed by atoms with Gasteiger partial charge in [0.05, 0.1) is 21.7 Å². The number of amides is 2. The number of piperazine rings is 1. The van der Waals surface area contributed by atoms with E-state index in [1.807, 2.05) is 18.7 Å². The molecular formula is C30H32FN5O4S. The number of H-pyrrole nitrogens is 1. The average Bonchev–Trinajstić information content (AvgIpc) is 3.56. The van der Waals surface area contributed by atoms with E-state index < -0.39 is 15.8 Å². The molecule has 0 spiro atoms. The van der Waals surface area contributed by atoms with Crippen LogP contribution in [0.5, 0.6) is 0 Å². The van der Waals surface area contributed by atoms with Crippen LogP contribution in [-0.2, 0) is 21.2 Å². The van der Waals surface area contributed by atoms with Crippen LogP contribution in [-0.4, -0.2) is 61.8 Å². The molecule has 1 saturated heterocycles. The molecule has 6 rings (SSSR count).